The fourth-order valence-electron chi connectivity index (χ4n) is 9.13. The molecule has 0 radical (unpaired) electrons. The van der Waals surface area contributed by atoms with Crippen LogP contribution in [0.5, 0.6) is 11.5 Å². The fourth-order valence-corrected chi connectivity index (χ4v) is 9.13. The van der Waals surface area contributed by atoms with Crippen molar-refractivity contribution >= 4 is 0 Å². The molecule has 0 unspecified atom stereocenters. The Morgan fingerprint density at radius 2 is 0.578 bits per heavy atom. The van der Waals surface area contributed by atoms with Gasteiger partial charge in [0.2, 0.25) is 0 Å². The second kappa shape index (κ2) is 16.3. The highest BCUT2D eigenvalue weighted by atomic mass is 16.5. The van der Waals surface area contributed by atoms with Gasteiger partial charge in [0.25, 0.3) is 0 Å². The molecule has 3 nitrogen and oxygen atoms in total. The van der Waals surface area contributed by atoms with Gasteiger partial charge in [-0.2, -0.15) is 0 Å². The number of ether oxygens (including phenoxy) is 1. The van der Waals surface area contributed by atoms with Gasteiger partial charge in [0.05, 0.1) is 22.8 Å². The van der Waals surface area contributed by atoms with E-state index in [1.54, 1.807) is 0 Å². The summed E-state index contributed by atoms with van der Waals surface area (Å²) < 4.78 is 7.26. The quantitative estimate of drug-likeness (QED) is 0.153. The zero-order valence-electron chi connectivity index (χ0n) is 35.7. The van der Waals surface area contributed by atoms with Gasteiger partial charge in [0.1, 0.15) is 11.5 Å². The maximum absolute atomic E-state index is 7.26. The lowest BCUT2D eigenvalue weighted by Crippen LogP contribution is -2.25. The molecule has 0 aliphatic carbocycles. The van der Waals surface area contributed by atoms with Crippen molar-refractivity contribution in [3.63, 3.8) is 0 Å². The standard InChI is InChI=1S/C61H44N2O/c1-61(2)53-33-17-31-51(47-29-15-27-45(35-47)49-37-55(41-19-7-3-8-20-41)62-56(38-49)42-21-9-4-10-22-42)59(53)64-60-52(32-18-34-54(60)61)48-30-16-28-46(36-48)50-39-57(43-23-11-5-12-24-43)63-58(40-50)44-25-13-6-14-26-44/h3-40H,1-2H3. The van der Waals surface area contributed by atoms with E-state index < -0.39 is 0 Å². The largest absolute Gasteiger partial charge is 0.455 e. The molecule has 0 atom stereocenters. The number of para-hydroxylation sites is 2. The van der Waals surface area contributed by atoms with E-state index in [9.17, 15) is 0 Å². The molecule has 0 bridgehead atoms. The number of nitrogens with zero attached hydrogens (tertiary/aromatic N) is 2. The maximum atomic E-state index is 7.26. The zero-order valence-corrected chi connectivity index (χ0v) is 35.7. The van der Waals surface area contributed by atoms with Crippen LogP contribution in [0.2, 0.25) is 0 Å². The molecule has 2 aromatic heterocycles. The highest BCUT2D eigenvalue weighted by molar-refractivity contribution is 5.86. The second-order valence-electron chi connectivity index (χ2n) is 17.0. The van der Waals surface area contributed by atoms with Crippen LogP contribution in [0, 0.1) is 0 Å². The number of fused-ring (bicyclic) bond motifs is 2. The summed E-state index contributed by atoms with van der Waals surface area (Å²) in [4.78, 5) is 10.3. The highest BCUT2D eigenvalue weighted by Gasteiger charge is 2.37. The molecule has 0 spiro atoms. The van der Waals surface area contributed by atoms with E-state index in [-0.39, 0.29) is 5.41 Å². The van der Waals surface area contributed by atoms with Crippen molar-refractivity contribution in [3.8, 4) is 101 Å². The van der Waals surface area contributed by atoms with Crippen LogP contribution < -0.4 is 4.74 Å². The van der Waals surface area contributed by atoms with Crippen molar-refractivity contribution in [2.75, 3.05) is 0 Å². The molecule has 8 aromatic carbocycles. The normalized spacial score (nSPS) is 12.5. The smallest absolute Gasteiger partial charge is 0.139 e. The fraction of sp³-hybridized carbons (Fsp3) is 0.0492. The van der Waals surface area contributed by atoms with Crippen LogP contribution in [0.1, 0.15) is 25.0 Å². The van der Waals surface area contributed by atoms with Gasteiger partial charge in [-0.3, -0.25) is 0 Å². The number of aromatic nitrogens is 2. The summed E-state index contributed by atoms with van der Waals surface area (Å²) in [5.41, 5.74) is 18.8. The minimum absolute atomic E-state index is 0.329. The Morgan fingerprint density at radius 3 is 0.922 bits per heavy atom. The summed E-state index contributed by atoms with van der Waals surface area (Å²) in [6.45, 7) is 4.63. The summed E-state index contributed by atoms with van der Waals surface area (Å²) in [6.07, 6.45) is 0. The SMILES string of the molecule is CC1(C)c2cccc(-c3cccc(-c4cc(-c5ccccc5)nc(-c5ccccc5)c4)c3)c2Oc2c(-c3cccc(-c4cc(-c5ccccc5)nc(-c5ccccc5)c4)c3)cccc21. The van der Waals surface area contributed by atoms with Crippen molar-refractivity contribution in [2.45, 2.75) is 19.3 Å². The van der Waals surface area contributed by atoms with E-state index >= 15 is 0 Å². The first kappa shape index (κ1) is 38.8. The van der Waals surface area contributed by atoms with Crippen LogP contribution in [0.4, 0.5) is 0 Å². The molecule has 0 saturated carbocycles. The summed E-state index contributed by atoms with van der Waals surface area (Å²) in [6, 6.07) is 81.3. The molecule has 1 aliphatic heterocycles. The van der Waals surface area contributed by atoms with Gasteiger partial charge in [-0.05, 0) is 69.8 Å². The van der Waals surface area contributed by atoms with Gasteiger partial charge >= 0.3 is 0 Å². The highest BCUT2D eigenvalue weighted by Crippen LogP contribution is 2.54. The Hall–Kier alpha value is -8.14. The van der Waals surface area contributed by atoms with Crippen molar-refractivity contribution in [1.82, 2.24) is 9.97 Å². The van der Waals surface area contributed by atoms with Crippen molar-refractivity contribution < 1.29 is 4.74 Å². The Kier molecular flexibility index (Phi) is 9.86. The number of hydrogen-bond acceptors (Lipinski definition) is 3. The Labute approximate surface area is 375 Å². The predicted octanol–water partition coefficient (Wildman–Crippen LogP) is 16.2. The lowest BCUT2D eigenvalue weighted by molar-refractivity contribution is 0.421. The second-order valence-corrected chi connectivity index (χ2v) is 17.0. The van der Waals surface area contributed by atoms with Crippen LogP contribution in [-0.2, 0) is 5.41 Å². The lowest BCUT2D eigenvalue weighted by atomic mass is 9.74. The van der Waals surface area contributed by atoms with E-state index in [0.29, 0.717) is 0 Å². The Morgan fingerprint density at radius 1 is 0.281 bits per heavy atom. The lowest BCUT2D eigenvalue weighted by Gasteiger charge is -2.36. The topological polar surface area (TPSA) is 35.0 Å². The van der Waals surface area contributed by atoms with Gasteiger partial charge in [0, 0.05) is 49.9 Å². The molecule has 3 heterocycles. The van der Waals surface area contributed by atoms with Crippen LogP contribution in [0.3, 0.4) is 0 Å². The number of benzene rings is 8. The molecule has 3 heteroatoms. The average Bonchev–Trinajstić information content (AvgIpc) is 3.37. The van der Waals surface area contributed by atoms with Gasteiger partial charge < -0.3 is 4.74 Å². The molecule has 0 N–H and O–H groups in total. The van der Waals surface area contributed by atoms with E-state index in [4.69, 9.17) is 14.7 Å². The summed E-state index contributed by atoms with van der Waals surface area (Å²) in [7, 11) is 0. The van der Waals surface area contributed by atoms with Crippen LogP contribution >= 0.6 is 0 Å². The first-order valence-corrected chi connectivity index (χ1v) is 21.9. The van der Waals surface area contributed by atoms with Crippen LogP contribution in [0.25, 0.3) is 89.5 Å². The van der Waals surface area contributed by atoms with Gasteiger partial charge in [0.15, 0.2) is 0 Å². The van der Waals surface area contributed by atoms with E-state index in [0.717, 1.165) is 112 Å². The van der Waals surface area contributed by atoms with Gasteiger partial charge in [-0.1, -0.05) is 208 Å². The molecule has 0 saturated heterocycles. The minimum atomic E-state index is -0.329. The van der Waals surface area contributed by atoms with E-state index in [2.05, 4.69) is 220 Å². The molecular weight excluding hydrogens is 777 g/mol. The summed E-state index contributed by atoms with van der Waals surface area (Å²) in [5, 5.41) is 0. The number of hydrogen-bond donors (Lipinski definition) is 0. The molecule has 0 amide bonds. The van der Waals surface area contributed by atoms with Gasteiger partial charge in [-0.25, -0.2) is 9.97 Å². The van der Waals surface area contributed by atoms with E-state index in [1.807, 2.05) is 24.3 Å². The monoisotopic (exact) mass is 820 g/mol. The molecule has 11 rings (SSSR count). The number of pyridine rings is 2. The Bertz CT molecular complexity index is 2970. The van der Waals surface area contributed by atoms with E-state index in [1.165, 1.54) is 0 Å². The summed E-state index contributed by atoms with van der Waals surface area (Å²) in [5.74, 6) is 1.78. The summed E-state index contributed by atoms with van der Waals surface area (Å²) >= 11 is 0. The molecule has 0 fully saturated rings. The molecule has 304 valence electrons. The minimum Gasteiger partial charge on any atom is -0.455 e. The van der Waals surface area contributed by atoms with Crippen LogP contribution in [-0.4, -0.2) is 9.97 Å². The average molecular weight is 821 g/mol. The third-order valence-corrected chi connectivity index (χ3v) is 12.5. The van der Waals surface area contributed by atoms with Gasteiger partial charge in [-0.15, -0.1) is 0 Å². The Balaban J connectivity index is 0.996. The third kappa shape index (κ3) is 7.27. The molecule has 64 heavy (non-hydrogen) atoms. The predicted molar refractivity (Wildman–Crippen MR) is 264 cm³/mol. The van der Waals surface area contributed by atoms with Crippen molar-refractivity contribution in [1.29, 1.82) is 0 Å². The van der Waals surface area contributed by atoms with Crippen molar-refractivity contribution in [2.24, 2.45) is 0 Å². The molecule has 10 aromatic rings. The zero-order chi connectivity index (χ0) is 43.0. The maximum Gasteiger partial charge on any atom is 0.139 e. The molecule has 1 aliphatic rings. The number of rotatable bonds is 8. The first-order chi connectivity index (χ1) is 31.5. The van der Waals surface area contributed by atoms with Crippen molar-refractivity contribution in [3.05, 3.63) is 242 Å². The molecular formula is C61H44N2O. The van der Waals surface area contributed by atoms with Crippen LogP contribution in [0.15, 0.2) is 231 Å². The first-order valence-electron chi connectivity index (χ1n) is 21.9. The third-order valence-electron chi connectivity index (χ3n) is 12.5.